The van der Waals surface area contributed by atoms with Crippen molar-refractivity contribution in [1.29, 1.82) is 0 Å². The average molecular weight is 291 g/mol. The van der Waals surface area contributed by atoms with E-state index >= 15 is 0 Å². The molecule has 0 fully saturated rings. The van der Waals surface area contributed by atoms with Gasteiger partial charge in [0.05, 0.1) is 0 Å². The van der Waals surface area contributed by atoms with Gasteiger partial charge in [-0.1, -0.05) is 11.6 Å². The Bertz CT molecular complexity index is 485. The van der Waals surface area contributed by atoms with Gasteiger partial charge in [0.15, 0.2) is 0 Å². The van der Waals surface area contributed by atoms with E-state index in [1.807, 2.05) is 11.4 Å². The number of hydrogen-bond acceptors (Lipinski definition) is 3. The van der Waals surface area contributed by atoms with Gasteiger partial charge in [-0.25, -0.2) is 0 Å². The van der Waals surface area contributed by atoms with Gasteiger partial charge >= 0.3 is 7.12 Å². The Labute approximate surface area is 98.4 Å². The largest absolute Gasteiger partial charge is 0.491 e. The van der Waals surface area contributed by atoms with Crippen molar-refractivity contribution < 1.29 is 10.0 Å². The van der Waals surface area contributed by atoms with E-state index < -0.39 is 7.12 Å². The predicted molar refractivity (Wildman–Crippen MR) is 64.4 cm³/mol. The number of rotatable bonds is 1. The minimum Gasteiger partial charge on any atom is -0.423 e. The second-order valence-electron chi connectivity index (χ2n) is 2.80. The van der Waals surface area contributed by atoms with Gasteiger partial charge in [0.1, 0.15) is 0 Å². The predicted octanol–water partition coefficient (Wildman–Crippen LogP) is 2.00. The molecule has 0 aliphatic heterocycles. The molecule has 0 aliphatic rings. The molecule has 0 amide bonds. The maximum absolute atomic E-state index is 9.13. The Morgan fingerprint density at radius 3 is 2.79 bits per heavy atom. The van der Waals surface area contributed by atoms with E-state index in [-0.39, 0.29) is 0 Å². The highest BCUT2D eigenvalue weighted by molar-refractivity contribution is 9.10. The molecule has 0 radical (unpaired) electrons. The summed E-state index contributed by atoms with van der Waals surface area (Å²) in [6.45, 7) is 0. The molecule has 2 rings (SSSR count). The first-order valence-corrected chi connectivity index (χ1v) is 5.87. The lowest BCUT2D eigenvalue weighted by Gasteiger charge is -2.06. The Morgan fingerprint density at radius 1 is 1.43 bits per heavy atom. The monoisotopic (exact) mass is 290 g/mol. The maximum Gasteiger partial charge on any atom is 0.491 e. The Kier molecular flexibility index (Phi) is 2.86. The topological polar surface area (TPSA) is 40.5 Å². The fraction of sp³-hybridized carbons (Fsp3) is 0. The first-order valence-electron chi connectivity index (χ1n) is 3.82. The molecular weight excluding hydrogens is 286 g/mol. The van der Waals surface area contributed by atoms with Crippen molar-refractivity contribution >= 4 is 61.5 Å². The summed E-state index contributed by atoms with van der Waals surface area (Å²) in [7, 11) is -1.55. The molecule has 14 heavy (non-hydrogen) atoms. The van der Waals surface area contributed by atoms with E-state index in [1.165, 1.54) is 11.3 Å². The zero-order valence-corrected chi connectivity index (χ0v) is 10.0. The molecule has 1 aromatic heterocycles. The zero-order valence-electron chi connectivity index (χ0n) is 6.87. The van der Waals surface area contributed by atoms with Crippen molar-refractivity contribution in [2.45, 2.75) is 0 Å². The van der Waals surface area contributed by atoms with Gasteiger partial charge in [0, 0.05) is 19.7 Å². The Balaban J connectivity index is 2.82. The van der Waals surface area contributed by atoms with Crippen molar-refractivity contribution in [1.82, 2.24) is 0 Å². The molecule has 2 nitrogen and oxygen atoms in total. The average Bonchev–Trinajstić information content (AvgIpc) is 2.50. The second-order valence-corrected chi connectivity index (χ2v) is 4.91. The molecule has 6 heteroatoms. The standard InChI is InChI=1S/C8H5BBrClO2S/c10-7-6(9(12)13)5(11)3-4-1-2-14-8(4)7/h1-3,12-13H. The van der Waals surface area contributed by atoms with Crippen LogP contribution in [0.1, 0.15) is 0 Å². The quantitative estimate of drug-likeness (QED) is 0.789. The first kappa shape index (κ1) is 10.5. The zero-order chi connectivity index (χ0) is 10.3. The van der Waals surface area contributed by atoms with Crippen LogP contribution in [0.4, 0.5) is 0 Å². The maximum atomic E-state index is 9.13. The van der Waals surface area contributed by atoms with Crippen molar-refractivity contribution in [3.8, 4) is 0 Å². The molecule has 0 atom stereocenters. The molecule has 2 aromatic rings. The van der Waals surface area contributed by atoms with E-state index in [1.54, 1.807) is 6.07 Å². The SMILES string of the molecule is OB(O)c1c(Cl)cc2ccsc2c1Br. The molecular formula is C8H5BBrClO2S. The molecule has 0 saturated carbocycles. The summed E-state index contributed by atoms with van der Waals surface area (Å²) in [4.78, 5) is 0. The van der Waals surface area contributed by atoms with E-state index in [0.717, 1.165) is 10.1 Å². The molecule has 0 aliphatic carbocycles. The number of fused-ring (bicyclic) bond motifs is 1. The highest BCUT2D eigenvalue weighted by Gasteiger charge is 2.21. The second kappa shape index (κ2) is 3.83. The summed E-state index contributed by atoms with van der Waals surface area (Å²) in [5.74, 6) is 0. The summed E-state index contributed by atoms with van der Waals surface area (Å²) in [5, 5.41) is 21.5. The van der Waals surface area contributed by atoms with Gasteiger partial charge in [-0.15, -0.1) is 11.3 Å². The van der Waals surface area contributed by atoms with Gasteiger partial charge in [0.25, 0.3) is 0 Å². The van der Waals surface area contributed by atoms with Crippen LogP contribution < -0.4 is 5.46 Å². The third-order valence-electron chi connectivity index (χ3n) is 1.93. The van der Waals surface area contributed by atoms with Gasteiger partial charge in [-0.3, -0.25) is 0 Å². The van der Waals surface area contributed by atoms with E-state index in [9.17, 15) is 0 Å². The van der Waals surface area contributed by atoms with Gasteiger partial charge < -0.3 is 10.0 Å². The fourth-order valence-corrected chi connectivity index (χ4v) is 3.47. The van der Waals surface area contributed by atoms with Crippen LogP contribution in [-0.2, 0) is 0 Å². The van der Waals surface area contributed by atoms with Crippen LogP contribution >= 0.6 is 38.9 Å². The lowest BCUT2D eigenvalue weighted by atomic mass is 9.80. The van der Waals surface area contributed by atoms with Crippen LogP contribution in [0.25, 0.3) is 10.1 Å². The van der Waals surface area contributed by atoms with Crippen molar-refractivity contribution in [2.75, 3.05) is 0 Å². The number of thiophene rings is 1. The highest BCUT2D eigenvalue weighted by Crippen LogP contribution is 2.30. The van der Waals surface area contributed by atoms with Crippen LogP contribution in [0.15, 0.2) is 22.0 Å². The smallest absolute Gasteiger partial charge is 0.423 e. The number of halogens is 2. The number of hydrogen-bond donors (Lipinski definition) is 2. The van der Waals surface area contributed by atoms with Crippen LogP contribution in [-0.4, -0.2) is 17.2 Å². The fourth-order valence-electron chi connectivity index (χ4n) is 1.29. The summed E-state index contributed by atoms with van der Waals surface area (Å²) in [5.41, 5.74) is 0.321. The van der Waals surface area contributed by atoms with Crippen molar-refractivity contribution in [3.05, 3.63) is 27.0 Å². The van der Waals surface area contributed by atoms with E-state index in [0.29, 0.717) is 15.0 Å². The van der Waals surface area contributed by atoms with Gasteiger partial charge in [-0.05, 0) is 38.8 Å². The molecule has 1 heterocycles. The summed E-state index contributed by atoms with van der Waals surface area (Å²) < 4.78 is 1.63. The molecule has 0 spiro atoms. The Hall–Kier alpha value is -0.0651. The van der Waals surface area contributed by atoms with Crippen LogP contribution in [0.2, 0.25) is 5.02 Å². The minimum atomic E-state index is -1.55. The third kappa shape index (κ3) is 1.59. The lowest BCUT2D eigenvalue weighted by molar-refractivity contribution is 0.425. The van der Waals surface area contributed by atoms with Crippen molar-refractivity contribution in [2.24, 2.45) is 0 Å². The summed E-state index contributed by atoms with van der Waals surface area (Å²) >= 11 is 10.8. The Morgan fingerprint density at radius 2 is 2.14 bits per heavy atom. The molecule has 0 bridgehead atoms. The highest BCUT2D eigenvalue weighted by atomic mass is 79.9. The molecule has 2 N–H and O–H groups in total. The van der Waals surface area contributed by atoms with E-state index in [2.05, 4.69) is 15.9 Å². The molecule has 0 unspecified atom stereocenters. The molecule has 0 saturated heterocycles. The summed E-state index contributed by atoms with van der Waals surface area (Å²) in [6, 6.07) is 3.66. The molecule has 72 valence electrons. The molecule has 1 aromatic carbocycles. The van der Waals surface area contributed by atoms with Gasteiger partial charge in [0.2, 0.25) is 0 Å². The van der Waals surface area contributed by atoms with Crippen molar-refractivity contribution in [3.63, 3.8) is 0 Å². The van der Waals surface area contributed by atoms with Crippen LogP contribution in [0.3, 0.4) is 0 Å². The van der Waals surface area contributed by atoms with Gasteiger partial charge in [-0.2, -0.15) is 0 Å². The first-order chi connectivity index (χ1) is 6.61. The normalized spacial score (nSPS) is 10.9. The van der Waals surface area contributed by atoms with Crippen LogP contribution in [0, 0.1) is 0 Å². The van der Waals surface area contributed by atoms with Crippen LogP contribution in [0.5, 0.6) is 0 Å². The lowest BCUT2D eigenvalue weighted by Crippen LogP contribution is -2.32. The third-order valence-corrected chi connectivity index (χ3v) is 4.28. The minimum absolute atomic E-state index is 0.321. The number of benzene rings is 1. The summed E-state index contributed by atoms with van der Waals surface area (Å²) in [6.07, 6.45) is 0. The van der Waals surface area contributed by atoms with E-state index in [4.69, 9.17) is 21.6 Å².